The number of aryl methyl sites for hydroxylation is 1. The number of halogens is 1. The Labute approximate surface area is 99.3 Å². The minimum Gasteiger partial charge on any atom is -0.396 e. The van der Waals surface area contributed by atoms with E-state index in [1.54, 1.807) is 6.07 Å². The summed E-state index contributed by atoms with van der Waals surface area (Å²) in [7, 11) is 0. The molecule has 2 aromatic rings. The van der Waals surface area contributed by atoms with E-state index in [4.69, 9.17) is 17.3 Å². The molecule has 0 amide bonds. The van der Waals surface area contributed by atoms with Crippen LogP contribution in [0, 0.1) is 6.92 Å². The smallest absolute Gasteiger partial charge is 0.174 e. The molecule has 0 saturated carbocycles. The van der Waals surface area contributed by atoms with E-state index in [0.29, 0.717) is 5.69 Å². The lowest BCUT2D eigenvalue weighted by Crippen LogP contribution is -1.99. The van der Waals surface area contributed by atoms with Crippen LogP contribution in [0.3, 0.4) is 0 Å². The maximum absolute atomic E-state index is 5.71. The second-order valence-electron chi connectivity index (χ2n) is 3.75. The summed E-state index contributed by atoms with van der Waals surface area (Å²) >= 11 is 5.71. The molecule has 0 spiro atoms. The van der Waals surface area contributed by atoms with Crippen LogP contribution >= 0.6 is 11.6 Å². The number of rotatable bonds is 2. The Bertz CT molecular complexity index is 511. The van der Waals surface area contributed by atoms with Gasteiger partial charge in [-0.25, -0.2) is 0 Å². The molecule has 0 unspecified atom stereocenters. The van der Waals surface area contributed by atoms with E-state index < -0.39 is 0 Å². The summed E-state index contributed by atoms with van der Waals surface area (Å²) in [5.41, 5.74) is 9.39. The SMILES string of the molecule is Cc1cccc(Cc2cc(N)c(Cl)nn2)c1. The molecule has 1 heterocycles. The fourth-order valence-electron chi connectivity index (χ4n) is 1.55. The highest BCUT2D eigenvalue weighted by Crippen LogP contribution is 2.16. The third kappa shape index (κ3) is 2.49. The Morgan fingerprint density at radius 3 is 2.75 bits per heavy atom. The molecule has 2 N–H and O–H groups in total. The maximum Gasteiger partial charge on any atom is 0.174 e. The molecule has 0 atom stereocenters. The van der Waals surface area contributed by atoms with E-state index >= 15 is 0 Å². The molecule has 0 bridgehead atoms. The quantitative estimate of drug-likeness (QED) is 0.868. The Balaban J connectivity index is 2.24. The molecule has 0 saturated heterocycles. The van der Waals surface area contributed by atoms with Crippen molar-refractivity contribution in [3.63, 3.8) is 0 Å². The molecule has 0 aliphatic rings. The zero-order valence-electron chi connectivity index (χ0n) is 8.94. The van der Waals surface area contributed by atoms with Crippen molar-refractivity contribution in [2.24, 2.45) is 0 Å². The van der Waals surface area contributed by atoms with Crippen molar-refractivity contribution < 1.29 is 0 Å². The van der Waals surface area contributed by atoms with Gasteiger partial charge < -0.3 is 5.73 Å². The Morgan fingerprint density at radius 1 is 1.25 bits per heavy atom. The van der Waals surface area contributed by atoms with Gasteiger partial charge in [-0.15, -0.1) is 5.10 Å². The van der Waals surface area contributed by atoms with E-state index in [0.717, 1.165) is 12.1 Å². The first-order valence-electron chi connectivity index (χ1n) is 4.98. The highest BCUT2D eigenvalue weighted by atomic mass is 35.5. The van der Waals surface area contributed by atoms with Gasteiger partial charge in [0, 0.05) is 6.42 Å². The van der Waals surface area contributed by atoms with Crippen molar-refractivity contribution in [1.29, 1.82) is 0 Å². The fraction of sp³-hybridized carbons (Fsp3) is 0.167. The van der Waals surface area contributed by atoms with Crippen molar-refractivity contribution in [1.82, 2.24) is 10.2 Å². The minimum atomic E-state index is 0.257. The summed E-state index contributed by atoms with van der Waals surface area (Å²) in [6.45, 7) is 2.06. The van der Waals surface area contributed by atoms with Crippen LogP contribution in [-0.4, -0.2) is 10.2 Å². The average molecular weight is 234 g/mol. The van der Waals surface area contributed by atoms with Crippen LogP contribution in [0.4, 0.5) is 5.69 Å². The van der Waals surface area contributed by atoms with Crippen LogP contribution in [-0.2, 0) is 6.42 Å². The van der Waals surface area contributed by atoms with Crippen molar-refractivity contribution in [3.8, 4) is 0 Å². The van der Waals surface area contributed by atoms with Gasteiger partial charge in [0.1, 0.15) is 0 Å². The average Bonchev–Trinajstić information content (AvgIpc) is 2.24. The number of benzene rings is 1. The summed E-state index contributed by atoms with van der Waals surface area (Å²) < 4.78 is 0. The molecule has 1 aromatic heterocycles. The van der Waals surface area contributed by atoms with Gasteiger partial charge in [-0.05, 0) is 18.6 Å². The van der Waals surface area contributed by atoms with Crippen molar-refractivity contribution in [3.05, 3.63) is 52.3 Å². The minimum absolute atomic E-state index is 0.257. The van der Waals surface area contributed by atoms with E-state index in [-0.39, 0.29) is 5.15 Å². The van der Waals surface area contributed by atoms with Gasteiger partial charge in [0.2, 0.25) is 0 Å². The van der Waals surface area contributed by atoms with Crippen molar-refractivity contribution in [2.75, 3.05) is 5.73 Å². The molecular formula is C12H12ClN3. The molecule has 1 aromatic carbocycles. The number of hydrogen-bond donors (Lipinski definition) is 1. The Morgan fingerprint density at radius 2 is 2.06 bits per heavy atom. The predicted molar refractivity (Wildman–Crippen MR) is 65.4 cm³/mol. The number of anilines is 1. The van der Waals surface area contributed by atoms with Gasteiger partial charge in [-0.2, -0.15) is 5.10 Å². The normalized spacial score (nSPS) is 10.4. The van der Waals surface area contributed by atoms with Gasteiger partial charge in [-0.1, -0.05) is 41.4 Å². The maximum atomic E-state index is 5.71. The third-order valence-electron chi connectivity index (χ3n) is 2.29. The summed E-state index contributed by atoms with van der Waals surface area (Å²) in [6, 6.07) is 10.0. The highest BCUT2D eigenvalue weighted by molar-refractivity contribution is 6.31. The Hall–Kier alpha value is -1.61. The molecule has 16 heavy (non-hydrogen) atoms. The monoisotopic (exact) mass is 233 g/mol. The molecule has 0 aliphatic carbocycles. The zero-order chi connectivity index (χ0) is 11.5. The number of aromatic nitrogens is 2. The summed E-state index contributed by atoms with van der Waals surface area (Å²) in [5, 5.41) is 8.05. The van der Waals surface area contributed by atoms with Gasteiger partial charge in [-0.3, -0.25) is 0 Å². The lowest BCUT2D eigenvalue weighted by Gasteiger charge is -2.03. The molecule has 2 rings (SSSR count). The van der Waals surface area contributed by atoms with E-state index in [9.17, 15) is 0 Å². The second-order valence-corrected chi connectivity index (χ2v) is 4.11. The lowest BCUT2D eigenvalue weighted by atomic mass is 10.1. The van der Waals surface area contributed by atoms with Crippen molar-refractivity contribution in [2.45, 2.75) is 13.3 Å². The zero-order valence-corrected chi connectivity index (χ0v) is 9.70. The molecule has 82 valence electrons. The van der Waals surface area contributed by atoms with Gasteiger partial charge in [0.05, 0.1) is 11.4 Å². The second kappa shape index (κ2) is 4.49. The first-order valence-corrected chi connectivity index (χ1v) is 5.36. The van der Waals surface area contributed by atoms with Gasteiger partial charge in [0.25, 0.3) is 0 Å². The third-order valence-corrected chi connectivity index (χ3v) is 2.59. The standard InChI is InChI=1S/C12H12ClN3/c1-8-3-2-4-9(5-8)6-10-7-11(14)12(13)16-15-10/h2-5,7H,6H2,1H3,(H2,14,15). The summed E-state index contributed by atoms with van der Waals surface area (Å²) in [5.74, 6) is 0. The molecular weight excluding hydrogens is 222 g/mol. The van der Waals surface area contributed by atoms with Crippen LogP contribution in [0.5, 0.6) is 0 Å². The molecule has 4 heteroatoms. The first kappa shape index (κ1) is 10.9. The fourth-order valence-corrected chi connectivity index (χ4v) is 1.64. The molecule has 0 aliphatic heterocycles. The molecule has 3 nitrogen and oxygen atoms in total. The summed E-state index contributed by atoms with van der Waals surface area (Å²) in [4.78, 5) is 0. The number of nitrogens with two attached hydrogens (primary N) is 1. The molecule has 0 radical (unpaired) electrons. The van der Waals surface area contributed by atoms with Crippen LogP contribution in [0.15, 0.2) is 30.3 Å². The Kier molecular flexibility index (Phi) is 3.06. The van der Waals surface area contributed by atoms with Crippen LogP contribution in [0.1, 0.15) is 16.8 Å². The van der Waals surface area contributed by atoms with Crippen molar-refractivity contribution >= 4 is 17.3 Å². The van der Waals surface area contributed by atoms with E-state index in [1.165, 1.54) is 11.1 Å². The first-order chi connectivity index (χ1) is 7.65. The number of nitrogens with zero attached hydrogens (tertiary/aromatic N) is 2. The van der Waals surface area contributed by atoms with Crippen LogP contribution in [0.2, 0.25) is 5.15 Å². The predicted octanol–water partition coefficient (Wildman–Crippen LogP) is 2.61. The van der Waals surface area contributed by atoms with E-state index in [2.05, 4.69) is 35.3 Å². The topological polar surface area (TPSA) is 51.8 Å². The van der Waals surface area contributed by atoms with Gasteiger partial charge in [0.15, 0.2) is 5.15 Å². The number of hydrogen-bond acceptors (Lipinski definition) is 3. The summed E-state index contributed by atoms with van der Waals surface area (Å²) in [6.07, 6.45) is 0.718. The lowest BCUT2D eigenvalue weighted by molar-refractivity contribution is 0.939. The highest BCUT2D eigenvalue weighted by Gasteiger charge is 2.03. The largest absolute Gasteiger partial charge is 0.396 e. The van der Waals surface area contributed by atoms with Crippen LogP contribution < -0.4 is 5.73 Å². The van der Waals surface area contributed by atoms with E-state index in [1.807, 2.05) is 6.07 Å². The van der Waals surface area contributed by atoms with Crippen LogP contribution in [0.25, 0.3) is 0 Å². The molecule has 0 fully saturated rings. The van der Waals surface area contributed by atoms with Gasteiger partial charge >= 0.3 is 0 Å². The number of nitrogen functional groups attached to an aromatic ring is 1.